The molecule has 0 bridgehead atoms. The van der Waals surface area contributed by atoms with Gasteiger partial charge in [-0.2, -0.15) is 0 Å². The maximum atomic E-state index is 11.5. The van der Waals surface area contributed by atoms with Gasteiger partial charge in [-0.25, -0.2) is 4.79 Å². The molecular formula is C19H20O3. The fourth-order valence-corrected chi connectivity index (χ4v) is 2.05. The van der Waals surface area contributed by atoms with Gasteiger partial charge >= 0.3 is 5.97 Å². The van der Waals surface area contributed by atoms with Gasteiger partial charge < -0.3 is 9.84 Å². The first-order valence-corrected chi connectivity index (χ1v) is 7.44. The van der Waals surface area contributed by atoms with Gasteiger partial charge in [-0.15, -0.1) is 0 Å². The van der Waals surface area contributed by atoms with Crippen LogP contribution >= 0.6 is 0 Å². The van der Waals surface area contributed by atoms with Gasteiger partial charge in [-0.05, 0) is 35.8 Å². The van der Waals surface area contributed by atoms with Crippen molar-refractivity contribution in [2.75, 3.05) is 6.61 Å². The zero-order valence-electron chi connectivity index (χ0n) is 12.7. The third kappa shape index (κ3) is 4.48. The number of carboxylic acid groups (broad SMARTS) is 1. The van der Waals surface area contributed by atoms with Crippen LogP contribution in [0.5, 0.6) is 5.75 Å². The molecule has 22 heavy (non-hydrogen) atoms. The van der Waals surface area contributed by atoms with Crippen molar-refractivity contribution in [1.29, 1.82) is 0 Å². The molecule has 0 aromatic heterocycles. The minimum Gasteiger partial charge on any atom is -0.494 e. The van der Waals surface area contributed by atoms with Crippen molar-refractivity contribution in [2.24, 2.45) is 0 Å². The first kappa shape index (κ1) is 15.8. The maximum absolute atomic E-state index is 11.5. The van der Waals surface area contributed by atoms with Gasteiger partial charge in [0.15, 0.2) is 0 Å². The van der Waals surface area contributed by atoms with E-state index in [1.165, 1.54) is 0 Å². The molecule has 2 rings (SSSR count). The van der Waals surface area contributed by atoms with E-state index in [1.54, 1.807) is 18.2 Å². The summed E-state index contributed by atoms with van der Waals surface area (Å²) in [5.41, 5.74) is 1.81. The minimum atomic E-state index is -0.936. The Kier molecular flexibility index (Phi) is 5.78. The van der Waals surface area contributed by atoms with Crippen LogP contribution in [0.25, 0.3) is 11.6 Å². The zero-order chi connectivity index (χ0) is 15.8. The van der Waals surface area contributed by atoms with Gasteiger partial charge in [0.2, 0.25) is 0 Å². The zero-order valence-corrected chi connectivity index (χ0v) is 12.7. The summed E-state index contributed by atoms with van der Waals surface area (Å²) < 4.78 is 5.60. The maximum Gasteiger partial charge on any atom is 0.336 e. The van der Waals surface area contributed by atoms with Gasteiger partial charge in [-0.3, -0.25) is 0 Å². The predicted molar refractivity (Wildman–Crippen MR) is 88.8 cm³/mol. The number of benzene rings is 2. The summed E-state index contributed by atoms with van der Waals surface area (Å²) in [6.07, 6.45) is 3.80. The van der Waals surface area contributed by atoms with E-state index in [0.29, 0.717) is 12.2 Å². The summed E-state index contributed by atoms with van der Waals surface area (Å²) in [4.78, 5) is 11.5. The molecular weight excluding hydrogens is 276 g/mol. The van der Waals surface area contributed by atoms with Crippen molar-refractivity contribution < 1.29 is 14.6 Å². The number of hydrogen-bond donors (Lipinski definition) is 1. The molecule has 2 aromatic rings. The first-order chi connectivity index (χ1) is 10.7. The average molecular weight is 296 g/mol. The number of carbonyl (C=O) groups is 1. The molecule has 0 amide bonds. The molecule has 114 valence electrons. The van der Waals surface area contributed by atoms with Gasteiger partial charge in [0.1, 0.15) is 5.75 Å². The summed E-state index contributed by atoms with van der Waals surface area (Å²) in [5, 5.41) is 9.39. The Morgan fingerprint density at radius 2 is 1.77 bits per heavy atom. The molecule has 2 aromatic carbocycles. The molecule has 3 nitrogen and oxygen atoms in total. The van der Waals surface area contributed by atoms with E-state index in [9.17, 15) is 9.90 Å². The van der Waals surface area contributed by atoms with Crippen LogP contribution in [0.1, 0.15) is 30.9 Å². The highest BCUT2D eigenvalue weighted by Crippen LogP contribution is 2.20. The van der Waals surface area contributed by atoms with Crippen LogP contribution in [0, 0.1) is 0 Å². The fourth-order valence-electron chi connectivity index (χ4n) is 2.05. The number of unbranched alkanes of at least 4 members (excludes halogenated alkanes) is 1. The molecule has 3 heteroatoms. The van der Waals surface area contributed by atoms with Crippen molar-refractivity contribution in [2.45, 2.75) is 19.8 Å². The van der Waals surface area contributed by atoms with Crippen LogP contribution in [0.2, 0.25) is 0 Å². The summed E-state index contributed by atoms with van der Waals surface area (Å²) >= 11 is 0. The highest BCUT2D eigenvalue weighted by Gasteiger charge is 2.09. The van der Waals surface area contributed by atoms with Gasteiger partial charge in [0.25, 0.3) is 0 Å². The molecule has 0 aliphatic rings. The van der Waals surface area contributed by atoms with E-state index in [0.717, 1.165) is 24.2 Å². The Morgan fingerprint density at radius 3 is 2.36 bits per heavy atom. The lowest BCUT2D eigenvalue weighted by Crippen LogP contribution is -1.99. The van der Waals surface area contributed by atoms with Crippen LogP contribution in [0.4, 0.5) is 0 Å². The lowest BCUT2D eigenvalue weighted by molar-refractivity contribution is -0.130. The molecule has 0 saturated heterocycles. The van der Waals surface area contributed by atoms with E-state index in [4.69, 9.17) is 4.74 Å². The molecule has 0 aliphatic heterocycles. The second-order valence-electron chi connectivity index (χ2n) is 5.00. The van der Waals surface area contributed by atoms with Gasteiger partial charge in [-0.1, -0.05) is 55.8 Å². The van der Waals surface area contributed by atoms with Gasteiger partial charge in [0, 0.05) is 0 Å². The summed E-state index contributed by atoms with van der Waals surface area (Å²) in [7, 11) is 0. The summed E-state index contributed by atoms with van der Waals surface area (Å²) in [5.74, 6) is -0.128. The Balaban J connectivity index is 2.17. The van der Waals surface area contributed by atoms with Gasteiger partial charge in [0.05, 0.1) is 12.2 Å². The highest BCUT2D eigenvalue weighted by atomic mass is 16.5. The van der Waals surface area contributed by atoms with Crippen molar-refractivity contribution >= 4 is 17.6 Å². The number of rotatable bonds is 7. The standard InChI is InChI=1S/C19H20O3/c1-2-3-13-22-17-11-9-15(10-12-17)14-18(19(20)21)16-7-5-4-6-8-16/h4-12,14H,2-3,13H2,1H3,(H,20,21)/b18-14-. The average Bonchev–Trinajstić information content (AvgIpc) is 2.55. The molecule has 1 N–H and O–H groups in total. The molecule has 0 heterocycles. The minimum absolute atomic E-state index is 0.278. The lowest BCUT2D eigenvalue weighted by Gasteiger charge is -2.06. The highest BCUT2D eigenvalue weighted by molar-refractivity contribution is 6.20. The summed E-state index contributed by atoms with van der Waals surface area (Å²) in [6, 6.07) is 16.6. The quantitative estimate of drug-likeness (QED) is 0.465. The van der Waals surface area contributed by atoms with Crippen molar-refractivity contribution in [3.8, 4) is 5.75 Å². The van der Waals surface area contributed by atoms with Crippen molar-refractivity contribution in [3.05, 3.63) is 65.7 Å². The Morgan fingerprint density at radius 1 is 1.09 bits per heavy atom. The third-order valence-electron chi connectivity index (χ3n) is 3.27. The Hall–Kier alpha value is -2.55. The first-order valence-electron chi connectivity index (χ1n) is 7.44. The molecule has 0 fully saturated rings. The number of ether oxygens (including phenoxy) is 1. The van der Waals surface area contributed by atoms with Crippen molar-refractivity contribution in [3.63, 3.8) is 0 Å². The van der Waals surface area contributed by atoms with Crippen LogP contribution in [0.15, 0.2) is 54.6 Å². The predicted octanol–water partition coefficient (Wildman–Crippen LogP) is 4.49. The molecule has 0 spiro atoms. The van der Waals surface area contributed by atoms with Crippen LogP contribution in [-0.2, 0) is 4.79 Å². The second kappa shape index (κ2) is 8.03. The molecule has 0 atom stereocenters. The number of aliphatic carboxylic acids is 1. The van der Waals surface area contributed by atoms with E-state index in [-0.39, 0.29) is 5.57 Å². The Labute approximate surface area is 130 Å². The normalized spacial score (nSPS) is 11.2. The fraction of sp³-hybridized carbons (Fsp3) is 0.211. The van der Waals surface area contributed by atoms with E-state index < -0.39 is 5.97 Å². The molecule has 0 radical (unpaired) electrons. The van der Waals surface area contributed by atoms with Crippen LogP contribution < -0.4 is 4.74 Å². The molecule has 0 saturated carbocycles. The summed E-state index contributed by atoms with van der Waals surface area (Å²) in [6.45, 7) is 2.82. The number of hydrogen-bond acceptors (Lipinski definition) is 2. The smallest absolute Gasteiger partial charge is 0.336 e. The van der Waals surface area contributed by atoms with E-state index in [1.807, 2.05) is 42.5 Å². The van der Waals surface area contributed by atoms with Crippen LogP contribution in [0.3, 0.4) is 0 Å². The molecule has 0 aliphatic carbocycles. The topological polar surface area (TPSA) is 46.5 Å². The van der Waals surface area contributed by atoms with E-state index >= 15 is 0 Å². The second-order valence-corrected chi connectivity index (χ2v) is 5.00. The monoisotopic (exact) mass is 296 g/mol. The lowest BCUT2D eigenvalue weighted by atomic mass is 10.0. The third-order valence-corrected chi connectivity index (χ3v) is 3.27. The largest absolute Gasteiger partial charge is 0.494 e. The SMILES string of the molecule is CCCCOc1ccc(/C=C(\C(=O)O)c2ccccc2)cc1. The molecule has 0 unspecified atom stereocenters. The van der Waals surface area contributed by atoms with Crippen molar-refractivity contribution in [1.82, 2.24) is 0 Å². The van der Waals surface area contributed by atoms with E-state index in [2.05, 4.69) is 6.92 Å². The number of carboxylic acids is 1. The Bertz CT molecular complexity index is 627. The van der Waals surface area contributed by atoms with Crippen LogP contribution in [-0.4, -0.2) is 17.7 Å².